The highest BCUT2D eigenvalue weighted by Crippen LogP contribution is 2.32. The SMILES string of the molecule is COC(C)CN1CCc2cc(NC(=O)c3ccccc3-c3ccc(C(F)(F)F)cc3)ccc2C1. The van der Waals surface area contributed by atoms with Crippen LogP contribution in [-0.4, -0.2) is 37.1 Å². The van der Waals surface area contributed by atoms with Gasteiger partial charge in [0.25, 0.3) is 5.91 Å². The summed E-state index contributed by atoms with van der Waals surface area (Å²) in [4.78, 5) is 15.5. The summed E-state index contributed by atoms with van der Waals surface area (Å²) >= 11 is 0. The van der Waals surface area contributed by atoms with E-state index in [4.69, 9.17) is 4.74 Å². The van der Waals surface area contributed by atoms with E-state index in [1.807, 2.05) is 18.2 Å². The fourth-order valence-electron chi connectivity index (χ4n) is 4.25. The molecular formula is C27H27F3N2O2. The van der Waals surface area contributed by atoms with Gasteiger partial charge in [-0.15, -0.1) is 0 Å². The van der Waals surface area contributed by atoms with Gasteiger partial charge in [0.2, 0.25) is 0 Å². The maximum absolute atomic E-state index is 13.1. The van der Waals surface area contributed by atoms with Crippen LogP contribution in [0.2, 0.25) is 0 Å². The summed E-state index contributed by atoms with van der Waals surface area (Å²) in [5.41, 5.74) is 3.95. The van der Waals surface area contributed by atoms with Crippen molar-refractivity contribution in [1.82, 2.24) is 4.90 Å². The van der Waals surface area contributed by atoms with Crippen LogP contribution in [0.3, 0.4) is 0 Å². The second-order valence-corrected chi connectivity index (χ2v) is 8.59. The first-order valence-electron chi connectivity index (χ1n) is 11.2. The van der Waals surface area contributed by atoms with E-state index in [0.29, 0.717) is 22.4 Å². The summed E-state index contributed by atoms with van der Waals surface area (Å²) < 4.78 is 44.1. The van der Waals surface area contributed by atoms with Gasteiger partial charge in [0, 0.05) is 38.0 Å². The van der Waals surface area contributed by atoms with Crippen LogP contribution in [0, 0.1) is 0 Å². The number of fused-ring (bicyclic) bond motifs is 1. The number of carbonyl (C=O) groups is 1. The van der Waals surface area contributed by atoms with Gasteiger partial charge < -0.3 is 10.1 Å². The number of hydrogen-bond donors (Lipinski definition) is 1. The van der Waals surface area contributed by atoms with Gasteiger partial charge in [-0.25, -0.2) is 0 Å². The molecule has 0 aromatic heterocycles. The quantitative estimate of drug-likeness (QED) is 0.481. The molecule has 3 aromatic carbocycles. The minimum Gasteiger partial charge on any atom is -0.380 e. The fourth-order valence-corrected chi connectivity index (χ4v) is 4.25. The molecule has 4 nitrogen and oxygen atoms in total. The fraction of sp³-hybridized carbons (Fsp3) is 0.296. The number of hydrogen-bond acceptors (Lipinski definition) is 3. The molecule has 1 heterocycles. The van der Waals surface area contributed by atoms with Gasteiger partial charge in [0.05, 0.1) is 11.7 Å². The third-order valence-electron chi connectivity index (χ3n) is 6.17. The second kappa shape index (κ2) is 9.99. The van der Waals surface area contributed by atoms with Crippen molar-refractivity contribution in [3.63, 3.8) is 0 Å². The molecule has 3 aromatic rings. The minimum absolute atomic E-state index is 0.171. The Morgan fingerprint density at radius 2 is 1.79 bits per heavy atom. The molecule has 1 unspecified atom stereocenters. The zero-order valence-corrected chi connectivity index (χ0v) is 19.2. The van der Waals surface area contributed by atoms with Crippen LogP contribution in [0.4, 0.5) is 18.9 Å². The average Bonchev–Trinajstić information content (AvgIpc) is 2.83. The highest BCUT2D eigenvalue weighted by Gasteiger charge is 2.30. The first kappa shape index (κ1) is 24.0. The largest absolute Gasteiger partial charge is 0.416 e. The van der Waals surface area contributed by atoms with Crippen LogP contribution in [0.1, 0.15) is 34.0 Å². The van der Waals surface area contributed by atoms with Gasteiger partial charge in [-0.05, 0) is 65.9 Å². The molecule has 7 heteroatoms. The van der Waals surface area contributed by atoms with Gasteiger partial charge in [-0.3, -0.25) is 9.69 Å². The van der Waals surface area contributed by atoms with E-state index in [-0.39, 0.29) is 12.0 Å². The Balaban J connectivity index is 1.50. The number of carbonyl (C=O) groups excluding carboxylic acids is 1. The maximum Gasteiger partial charge on any atom is 0.416 e. The van der Waals surface area contributed by atoms with E-state index in [1.165, 1.54) is 23.3 Å². The average molecular weight is 469 g/mol. The van der Waals surface area contributed by atoms with Crippen molar-refractivity contribution in [2.75, 3.05) is 25.5 Å². The zero-order chi connectivity index (χ0) is 24.3. The van der Waals surface area contributed by atoms with Gasteiger partial charge in [-0.1, -0.05) is 36.4 Å². The molecule has 4 rings (SSSR count). The van der Waals surface area contributed by atoms with Crippen molar-refractivity contribution in [2.24, 2.45) is 0 Å². The first-order chi connectivity index (χ1) is 16.2. The molecule has 1 N–H and O–H groups in total. The Bertz CT molecular complexity index is 1160. The lowest BCUT2D eigenvalue weighted by atomic mass is 9.97. The summed E-state index contributed by atoms with van der Waals surface area (Å²) in [5.74, 6) is -0.304. The molecule has 178 valence electrons. The Labute approximate surface area is 197 Å². The van der Waals surface area contributed by atoms with Crippen LogP contribution in [0.15, 0.2) is 66.7 Å². The number of anilines is 1. The monoisotopic (exact) mass is 468 g/mol. The first-order valence-corrected chi connectivity index (χ1v) is 11.2. The van der Waals surface area contributed by atoms with E-state index in [2.05, 4.69) is 17.1 Å². The number of nitrogens with one attached hydrogen (secondary N) is 1. The molecule has 1 aliphatic rings. The molecule has 1 atom stereocenters. The maximum atomic E-state index is 13.1. The minimum atomic E-state index is -4.40. The van der Waals surface area contributed by atoms with Crippen molar-refractivity contribution in [1.29, 1.82) is 0 Å². The lowest BCUT2D eigenvalue weighted by Crippen LogP contribution is -2.36. The van der Waals surface area contributed by atoms with Crippen LogP contribution >= 0.6 is 0 Å². The van der Waals surface area contributed by atoms with E-state index in [1.54, 1.807) is 31.4 Å². The zero-order valence-electron chi connectivity index (χ0n) is 19.2. The Morgan fingerprint density at radius 3 is 2.50 bits per heavy atom. The molecule has 0 saturated heterocycles. The number of halogens is 3. The van der Waals surface area contributed by atoms with E-state index >= 15 is 0 Å². The number of alkyl halides is 3. The molecule has 0 spiro atoms. The van der Waals surface area contributed by atoms with E-state index < -0.39 is 11.7 Å². The lowest BCUT2D eigenvalue weighted by molar-refractivity contribution is -0.137. The van der Waals surface area contributed by atoms with Gasteiger partial charge in [-0.2, -0.15) is 13.2 Å². The molecular weight excluding hydrogens is 441 g/mol. The Kier molecular flexibility index (Phi) is 7.05. The van der Waals surface area contributed by atoms with Crippen LogP contribution < -0.4 is 5.32 Å². The molecule has 1 aliphatic heterocycles. The number of rotatable bonds is 6. The third kappa shape index (κ3) is 5.48. The summed E-state index contributed by atoms with van der Waals surface area (Å²) in [7, 11) is 1.72. The smallest absolute Gasteiger partial charge is 0.380 e. The van der Waals surface area contributed by atoms with Crippen molar-refractivity contribution in [2.45, 2.75) is 32.2 Å². The molecule has 1 amide bonds. The van der Waals surface area contributed by atoms with E-state index in [0.717, 1.165) is 38.2 Å². The molecule has 0 saturated carbocycles. The standard InChI is InChI=1S/C27H27F3N2O2/c1-18(34-2)16-32-14-13-20-15-23(12-9-21(20)17-32)31-26(33)25-6-4-3-5-24(25)19-7-10-22(11-8-19)27(28,29)30/h3-12,15,18H,13-14,16-17H2,1-2H3,(H,31,33). The number of nitrogens with zero attached hydrogens (tertiary/aromatic N) is 1. The predicted molar refractivity (Wildman–Crippen MR) is 127 cm³/mol. The summed E-state index contributed by atoms with van der Waals surface area (Å²) in [6, 6.07) is 17.7. The second-order valence-electron chi connectivity index (χ2n) is 8.59. The normalized spacial score (nSPS) is 15.0. The Morgan fingerprint density at radius 1 is 1.06 bits per heavy atom. The highest BCUT2D eigenvalue weighted by atomic mass is 19.4. The van der Waals surface area contributed by atoms with Crippen LogP contribution in [-0.2, 0) is 23.9 Å². The summed E-state index contributed by atoms with van der Waals surface area (Å²) in [6.45, 7) is 4.69. The summed E-state index contributed by atoms with van der Waals surface area (Å²) in [5, 5.41) is 2.95. The van der Waals surface area contributed by atoms with Crippen LogP contribution in [0.5, 0.6) is 0 Å². The highest BCUT2D eigenvalue weighted by molar-refractivity contribution is 6.08. The van der Waals surface area contributed by atoms with E-state index in [9.17, 15) is 18.0 Å². The third-order valence-corrected chi connectivity index (χ3v) is 6.17. The number of benzene rings is 3. The Hall–Kier alpha value is -3.16. The van der Waals surface area contributed by atoms with Gasteiger partial charge >= 0.3 is 6.18 Å². The van der Waals surface area contributed by atoms with Crippen molar-refractivity contribution < 1.29 is 22.7 Å². The molecule has 34 heavy (non-hydrogen) atoms. The topological polar surface area (TPSA) is 41.6 Å². The number of ether oxygens (including phenoxy) is 1. The molecule has 0 radical (unpaired) electrons. The van der Waals surface area contributed by atoms with Crippen LogP contribution in [0.25, 0.3) is 11.1 Å². The predicted octanol–water partition coefficient (Wildman–Crippen LogP) is 6.02. The summed E-state index contributed by atoms with van der Waals surface area (Å²) in [6.07, 6.45) is -3.34. The van der Waals surface area contributed by atoms with Crippen molar-refractivity contribution >= 4 is 11.6 Å². The molecule has 0 bridgehead atoms. The van der Waals surface area contributed by atoms with Gasteiger partial charge in [0.15, 0.2) is 0 Å². The van der Waals surface area contributed by atoms with Crippen molar-refractivity contribution in [3.8, 4) is 11.1 Å². The molecule has 0 fully saturated rings. The lowest BCUT2D eigenvalue weighted by Gasteiger charge is -2.30. The number of amides is 1. The number of methoxy groups -OCH3 is 1. The van der Waals surface area contributed by atoms with Gasteiger partial charge in [0.1, 0.15) is 0 Å². The van der Waals surface area contributed by atoms with Crippen molar-refractivity contribution in [3.05, 3.63) is 89.0 Å². The molecule has 0 aliphatic carbocycles.